The van der Waals surface area contributed by atoms with Crippen molar-refractivity contribution in [2.75, 3.05) is 0 Å². The molecule has 0 bridgehead atoms. The molecule has 0 spiro atoms. The first-order valence-corrected chi connectivity index (χ1v) is 6.14. The summed E-state index contributed by atoms with van der Waals surface area (Å²) in [5.74, 6) is 0. The van der Waals surface area contributed by atoms with Gasteiger partial charge in [0.15, 0.2) is 0 Å². The Kier molecular flexibility index (Phi) is 5.17. The highest BCUT2D eigenvalue weighted by Gasteiger charge is 2.28. The van der Waals surface area contributed by atoms with Crippen LogP contribution in [0.1, 0.15) is 36.8 Å². The van der Waals surface area contributed by atoms with Gasteiger partial charge in [0, 0.05) is 0 Å². The quantitative estimate of drug-likeness (QED) is 0.699. The fourth-order valence-corrected chi connectivity index (χ4v) is 2.17. The number of benzene rings is 1. The van der Waals surface area contributed by atoms with E-state index in [-0.39, 0.29) is 0 Å². The van der Waals surface area contributed by atoms with E-state index in [2.05, 4.69) is 13.2 Å². The van der Waals surface area contributed by atoms with Gasteiger partial charge in [0.05, 0.1) is 5.60 Å². The minimum atomic E-state index is -0.756. The highest BCUT2D eigenvalue weighted by Crippen LogP contribution is 2.33. The largest absolute Gasteiger partial charge is 0.385 e. The fraction of sp³-hybridized carbons (Fsp3) is 0.375. The minimum Gasteiger partial charge on any atom is -0.385 e. The summed E-state index contributed by atoms with van der Waals surface area (Å²) >= 11 is 0. The zero-order chi connectivity index (χ0) is 12.7. The monoisotopic (exact) mass is 230 g/mol. The highest BCUT2D eigenvalue weighted by molar-refractivity contribution is 5.31. The average molecular weight is 230 g/mol. The molecule has 1 N–H and O–H groups in total. The van der Waals surface area contributed by atoms with Gasteiger partial charge in [0.25, 0.3) is 0 Å². The van der Waals surface area contributed by atoms with E-state index in [9.17, 15) is 5.11 Å². The van der Waals surface area contributed by atoms with E-state index in [1.54, 1.807) is 0 Å². The number of rotatable bonds is 7. The summed E-state index contributed by atoms with van der Waals surface area (Å²) < 4.78 is 0. The molecule has 0 aliphatic rings. The van der Waals surface area contributed by atoms with Crippen LogP contribution in [0.15, 0.2) is 49.6 Å². The molecule has 0 fully saturated rings. The first kappa shape index (κ1) is 13.7. The van der Waals surface area contributed by atoms with Gasteiger partial charge < -0.3 is 5.11 Å². The second-order valence-corrected chi connectivity index (χ2v) is 4.50. The first-order valence-electron chi connectivity index (χ1n) is 6.14. The summed E-state index contributed by atoms with van der Waals surface area (Å²) in [6, 6.07) is 8.04. The molecule has 92 valence electrons. The Hall–Kier alpha value is -1.34. The van der Waals surface area contributed by atoms with Crippen LogP contribution in [-0.4, -0.2) is 5.11 Å². The van der Waals surface area contributed by atoms with Crippen molar-refractivity contribution in [3.8, 4) is 0 Å². The van der Waals surface area contributed by atoms with Crippen LogP contribution in [-0.2, 0) is 5.60 Å². The molecule has 17 heavy (non-hydrogen) atoms. The molecule has 0 heterocycles. The minimum absolute atomic E-state index is 0.717. The molecule has 0 amide bonds. The summed E-state index contributed by atoms with van der Waals surface area (Å²) in [7, 11) is 0. The molecule has 0 unspecified atom stereocenters. The van der Waals surface area contributed by atoms with Crippen LogP contribution >= 0.6 is 0 Å². The first-order chi connectivity index (χ1) is 8.14. The summed E-state index contributed by atoms with van der Waals surface area (Å²) in [6.45, 7) is 9.50. The predicted molar refractivity (Wildman–Crippen MR) is 73.9 cm³/mol. The Morgan fingerprint density at radius 3 is 2.12 bits per heavy atom. The van der Waals surface area contributed by atoms with Crippen LogP contribution in [0.25, 0.3) is 0 Å². The smallest absolute Gasteiger partial charge is 0.0905 e. The molecule has 0 aliphatic carbocycles. The molecule has 1 aromatic rings. The van der Waals surface area contributed by atoms with Gasteiger partial charge in [-0.05, 0) is 43.7 Å². The lowest BCUT2D eigenvalue weighted by Gasteiger charge is -2.29. The molecule has 1 aromatic carbocycles. The number of hydrogen-bond donors (Lipinski definition) is 1. The van der Waals surface area contributed by atoms with Crippen molar-refractivity contribution in [1.82, 2.24) is 0 Å². The lowest BCUT2D eigenvalue weighted by molar-refractivity contribution is 0.0197. The maximum absolute atomic E-state index is 10.8. The Labute approximate surface area is 104 Å². The zero-order valence-corrected chi connectivity index (χ0v) is 10.7. The van der Waals surface area contributed by atoms with Crippen molar-refractivity contribution in [1.29, 1.82) is 0 Å². The lowest BCUT2D eigenvalue weighted by atomic mass is 9.82. The Balaban J connectivity index is 2.99. The molecule has 0 radical (unpaired) electrons. The van der Waals surface area contributed by atoms with Crippen LogP contribution in [0.2, 0.25) is 0 Å². The van der Waals surface area contributed by atoms with Crippen molar-refractivity contribution in [2.24, 2.45) is 0 Å². The predicted octanol–water partition coefficient (Wildman–Crippen LogP) is 4.12. The zero-order valence-electron chi connectivity index (χ0n) is 10.7. The van der Waals surface area contributed by atoms with E-state index in [1.165, 1.54) is 0 Å². The van der Waals surface area contributed by atoms with Gasteiger partial charge in [-0.3, -0.25) is 0 Å². The van der Waals surface area contributed by atoms with E-state index >= 15 is 0 Å². The van der Waals surface area contributed by atoms with Gasteiger partial charge in [0.2, 0.25) is 0 Å². The van der Waals surface area contributed by atoms with Gasteiger partial charge in [-0.1, -0.05) is 36.4 Å². The van der Waals surface area contributed by atoms with Crippen LogP contribution in [0.4, 0.5) is 0 Å². The van der Waals surface area contributed by atoms with Crippen molar-refractivity contribution >= 4 is 0 Å². The Morgan fingerprint density at radius 2 is 1.65 bits per heavy atom. The third kappa shape index (κ3) is 3.57. The third-order valence-electron chi connectivity index (χ3n) is 3.17. The van der Waals surface area contributed by atoms with Gasteiger partial charge in [-0.25, -0.2) is 0 Å². The maximum atomic E-state index is 10.8. The van der Waals surface area contributed by atoms with Gasteiger partial charge >= 0.3 is 0 Å². The summed E-state index contributed by atoms with van der Waals surface area (Å²) in [5.41, 5.74) is 1.42. The number of allylic oxidation sites excluding steroid dienone is 2. The van der Waals surface area contributed by atoms with Gasteiger partial charge in [-0.15, -0.1) is 13.2 Å². The third-order valence-corrected chi connectivity index (χ3v) is 3.17. The number of aliphatic hydroxyl groups is 1. The maximum Gasteiger partial charge on any atom is 0.0905 e. The van der Waals surface area contributed by atoms with Crippen molar-refractivity contribution in [2.45, 2.75) is 38.2 Å². The molecular weight excluding hydrogens is 208 g/mol. The molecule has 0 aliphatic heterocycles. The van der Waals surface area contributed by atoms with E-state index in [1.807, 2.05) is 43.3 Å². The van der Waals surface area contributed by atoms with Gasteiger partial charge in [-0.2, -0.15) is 0 Å². The summed E-state index contributed by atoms with van der Waals surface area (Å²) in [5, 5.41) is 10.8. The van der Waals surface area contributed by atoms with Gasteiger partial charge in [0.1, 0.15) is 0 Å². The molecule has 0 saturated carbocycles. The fourth-order valence-electron chi connectivity index (χ4n) is 2.17. The van der Waals surface area contributed by atoms with Crippen LogP contribution in [0.5, 0.6) is 0 Å². The lowest BCUT2D eigenvalue weighted by Crippen LogP contribution is -2.26. The van der Waals surface area contributed by atoms with E-state index in [4.69, 9.17) is 0 Å². The second kappa shape index (κ2) is 6.41. The van der Waals surface area contributed by atoms with Crippen LogP contribution < -0.4 is 0 Å². The van der Waals surface area contributed by atoms with Crippen LogP contribution in [0, 0.1) is 6.92 Å². The van der Waals surface area contributed by atoms with Crippen molar-refractivity contribution < 1.29 is 5.11 Å². The topological polar surface area (TPSA) is 20.2 Å². The standard InChI is InChI=1S/C16H22O/c1-4-6-12-16(17,13-7-5-2)15-11-9-8-10-14(15)3/h4-5,8-11,17H,1-2,6-7,12-13H2,3H3. The summed E-state index contributed by atoms with van der Waals surface area (Å²) in [4.78, 5) is 0. The Morgan fingerprint density at radius 1 is 1.12 bits per heavy atom. The molecule has 1 heteroatoms. The van der Waals surface area contributed by atoms with Crippen LogP contribution in [0.3, 0.4) is 0 Å². The molecule has 1 rings (SSSR count). The summed E-state index contributed by atoms with van der Waals surface area (Å²) in [6.07, 6.45) is 6.79. The van der Waals surface area contributed by atoms with E-state index in [0.29, 0.717) is 0 Å². The molecule has 1 nitrogen and oxygen atoms in total. The molecule has 0 atom stereocenters. The molecular formula is C16H22O. The number of hydrogen-bond acceptors (Lipinski definition) is 1. The highest BCUT2D eigenvalue weighted by atomic mass is 16.3. The SMILES string of the molecule is C=CCCC(O)(CCC=C)c1ccccc1C. The normalized spacial score (nSPS) is 11.2. The van der Waals surface area contributed by atoms with Crippen molar-refractivity contribution in [3.05, 3.63) is 60.7 Å². The van der Waals surface area contributed by atoms with E-state index in [0.717, 1.165) is 36.8 Å². The number of aryl methyl sites for hydroxylation is 1. The second-order valence-electron chi connectivity index (χ2n) is 4.50. The van der Waals surface area contributed by atoms with E-state index < -0.39 is 5.60 Å². The average Bonchev–Trinajstić information content (AvgIpc) is 2.34. The molecule has 0 saturated heterocycles. The van der Waals surface area contributed by atoms with Crippen molar-refractivity contribution in [3.63, 3.8) is 0 Å². The molecule has 0 aromatic heterocycles. The Bertz CT molecular complexity index is 367.